The van der Waals surface area contributed by atoms with Gasteiger partial charge in [0.05, 0.1) is 5.41 Å². The van der Waals surface area contributed by atoms with Crippen molar-refractivity contribution in [3.63, 3.8) is 0 Å². The van der Waals surface area contributed by atoms with Crippen LogP contribution in [0, 0.1) is 5.41 Å². The number of Topliss-reactive ketones (excluding diaryl/α,β-unsaturated/α-hetero) is 1. The number of carbonyl (C=O) groups is 2. The molecule has 2 aliphatic heterocycles. The first-order valence-corrected chi connectivity index (χ1v) is 6.90. The molecule has 1 aliphatic carbocycles. The summed E-state index contributed by atoms with van der Waals surface area (Å²) in [5, 5.41) is 3.32. The number of likely N-dealkylation sites (tertiary alicyclic amines) is 1. The number of allylic oxidation sites excluding steroid dienone is 2. The zero-order chi connectivity index (χ0) is 12.8. The Hall–Kier alpha value is -1.16. The first kappa shape index (κ1) is 11.9. The molecule has 2 saturated heterocycles. The number of ketones is 1. The van der Waals surface area contributed by atoms with Crippen LogP contribution in [0.5, 0.6) is 0 Å². The van der Waals surface area contributed by atoms with Crippen LogP contribution in [0.2, 0.25) is 0 Å². The van der Waals surface area contributed by atoms with Gasteiger partial charge in [-0.05, 0) is 45.7 Å². The van der Waals surface area contributed by atoms with Gasteiger partial charge in [0.25, 0.3) is 0 Å². The standard InChI is InChI=1S/C14H20N2O2/c1-10-11(2-3-12(10)17)16-9-6-14(13(16)18)4-7-15-8-5-14/h15H,2-9H2,1H3. The predicted octanol–water partition coefficient (Wildman–Crippen LogP) is 1.23. The Kier molecular flexibility index (Phi) is 2.77. The van der Waals surface area contributed by atoms with Crippen LogP contribution in [0.3, 0.4) is 0 Å². The van der Waals surface area contributed by atoms with Crippen LogP contribution in [-0.2, 0) is 9.59 Å². The van der Waals surface area contributed by atoms with Crippen molar-refractivity contribution in [1.82, 2.24) is 10.2 Å². The summed E-state index contributed by atoms with van der Waals surface area (Å²) in [5.74, 6) is 0.483. The molecule has 2 fully saturated rings. The van der Waals surface area contributed by atoms with E-state index in [1.54, 1.807) is 0 Å². The molecule has 0 aromatic carbocycles. The second-order valence-corrected chi connectivity index (χ2v) is 5.73. The van der Waals surface area contributed by atoms with E-state index in [1.807, 2.05) is 11.8 Å². The van der Waals surface area contributed by atoms with Crippen LogP contribution in [0.4, 0.5) is 0 Å². The van der Waals surface area contributed by atoms with Crippen molar-refractivity contribution in [2.45, 2.75) is 39.0 Å². The minimum atomic E-state index is -0.135. The van der Waals surface area contributed by atoms with E-state index in [9.17, 15) is 9.59 Å². The molecule has 0 atom stereocenters. The van der Waals surface area contributed by atoms with E-state index in [0.29, 0.717) is 6.42 Å². The average molecular weight is 248 g/mol. The number of piperidine rings is 1. The molecule has 2 heterocycles. The zero-order valence-electron chi connectivity index (χ0n) is 10.9. The third-order valence-electron chi connectivity index (χ3n) is 4.84. The molecule has 1 N–H and O–H groups in total. The third kappa shape index (κ3) is 1.62. The molecule has 3 rings (SSSR count). The lowest BCUT2D eigenvalue weighted by molar-refractivity contribution is -0.135. The van der Waals surface area contributed by atoms with Crippen molar-refractivity contribution in [2.24, 2.45) is 5.41 Å². The minimum Gasteiger partial charge on any atom is -0.317 e. The maximum Gasteiger partial charge on any atom is 0.233 e. The van der Waals surface area contributed by atoms with Crippen molar-refractivity contribution in [3.8, 4) is 0 Å². The highest BCUT2D eigenvalue weighted by Crippen LogP contribution is 2.43. The molecular formula is C14H20N2O2. The Labute approximate surface area is 107 Å². The Bertz CT molecular complexity index is 433. The quantitative estimate of drug-likeness (QED) is 0.759. The summed E-state index contributed by atoms with van der Waals surface area (Å²) in [6.07, 6.45) is 4.19. The second kappa shape index (κ2) is 4.19. The lowest BCUT2D eigenvalue weighted by Crippen LogP contribution is -2.42. The Balaban J connectivity index is 1.85. The molecule has 0 bridgehead atoms. The van der Waals surface area contributed by atoms with Gasteiger partial charge in [0, 0.05) is 24.2 Å². The second-order valence-electron chi connectivity index (χ2n) is 5.73. The fourth-order valence-corrected chi connectivity index (χ4v) is 3.55. The highest BCUT2D eigenvalue weighted by Gasteiger charge is 2.48. The maximum absolute atomic E-state index is 12.7. The van der Waals surface area contributed by atoms with Gasteiger partial charge >= 0.3 is 0 Å². The number of hydrogen-bond donors (Lipinski definition) is 1. The summed E-state index contributed by atoms with van der Waals surface area (Å²) in [5.41, 5.74) is 1.68. The maximum atomic E-state index is 12.7. The summed E-state index contributed by atoms with van der Waals surface area (Å²) in [7, 11) is 0. The molecule has 98 valence electrons. The number of nitrogens with one attached hydrogen (secondary N) is 1. The van der Waals surface area contributed by atoms with Gasteiger partial charge in [-0.25, -0.2) is 0 Å². The number of carbonyl (C=O) groups excluding carboxylic acids is 2. The van der Waals surface area contributed by atoms with E-state index < -0.39 is 0 Å². The number of rotatable bonds is 1. The first-order chi connectivity index (χ1) is 8.64. The fraction of sp³-hybridized carbons (Fsp3) is 0.714. The largest absolute Gasteiger partial charge is 0.317 e. The molecule has 0 aromatic heterocycles. The van der Waals surface area contributed by atoms with E-state index >= 15 is 0 Å². The topological polar surface area (TPSA) is 49.4 Å². The van der Waals surface area contributed by atoms with Gasteiger partial charge in [-0.1, -0.05) is 0 Å². The predicted molar refractivity (Wildman–Crippen MR) is 67.8 cm³/mol. The average Bonchev–Trinajstić information content (AvgIpc) is 2.86. The van der Waals surface area contributed by atoms with Crippen LogP contribution in [-0.4, -0.2) is 36.2 Å². The molecule has 18 heavy (non-hydrogen) atoms. The van der Waals surface area contributed by atoms with E-state index in [0.717, 1.165) is 56.6 Å². The van der Waals surface area contributed by atoms with Crippen LogP contribution in [0.1, 0.15) is 39.0 Å². The van der Waals surface area contributed by atoms with Crippen LogP contribution in [0.15, 0.2) is 11.3 Å². The Morgan fingerprint density at radius 3 is 2.44 bits per heavy atom. The summed E-state index contributed by atoms with van der Waals surface area (Å²) in [6.45, 7) is 4.55. The van der Waals surface area contributed by atoms with Crippen LogP contribution >= 0.6 is 0 Å². The molecule has 0 radical (unpaired) electrons. The van der Waals surface area contributed by atoms with Gasteiger partial charge in [-0.3, -0.25) is 9.59 Å². The molecule has 4 heteroatoms. The van der Waals surface area contributed by atoms with E-state index in [4.69, 9.17) is 0 Å². The van der Waals surface area contributed by atoms with Crippen molar-refractivity contribution < 1.29 is 9.59 Å². The summed E-state index contributed by atoms with van der Waals surface area (Å²) < 4.78 is 0. The highest BCUT2D eigenvalue weighted by molar-refractivity contribution is 5.99. The summed E-state index contributed by atoms with van der Waals surface area (Å²) >= 11 is 0. The molecule has 1 spiro atoms. The van der Waals surface area contributed by atoms with Gasteiger partial charge in [0.15, 0.2) is 5.78 Å². The van der Waals surface area contributed by atoms with Crippen molar-refractivity contribution in [3.05, 3.63) is 11.3 Å². The molecule has 0 unspecified atom stereocenters. The third-order valence-corrected chi connectivity index (χ3v) is 4.84. The summed E-state index contributed by atoms with van der Waals surface area (Å²) in [6, 6.07) is 0. The van der Waals surface area contributed by atoms with Gasteiger partial charge in [-0.15, -0.1) is 0 Å². The van der Waals surface area contributed by atoms with Crippen LogP contribution in [0.25, 0.3) is 0 Å². The first-order valence-electron chi connectivity index (χ1n) is 6.90. The molecular weight excluding hydrogens is 228 g/mol. The van der Waals surface area contributed by atoms with E-state index in [1.165, 1.54) is 0 Å². The zero-order valence-corrected chi connectivity index (χ0v) is 10.9. The monoisotopic (exact) mass is 248 g/mol. The fourth-order valence-electron chi connectivity index (χ4n) is 3.55. The van der Waals surface area contributed by atoms with Gasteiger partial charge in [0.1, 0.15) is 0 Å². The minimum absolute atomic E-state index is 0.135. The molecule has 0 saturated carbocycles. The lowest BCUT2D eigenvalue weighted by atomic mass is 9.77. The van der Waals surface area contributed by atoms with E-state index in [-0.39, 0.29) is 17.1 Å². The Morgan fingerprint density at radius 2 is 1.83 bits per heavy atom. The molecule has 4 nitrogen and oxygen atoms in total. The van der Waals surface area contributed by atoms with Gasteiger partial charge in [-0.2, -0.15) is 0 Å². The van der Waals surface area contributed by atoms with Crippen molar-refractivity contribution in [1.29, 1.82) is 0 Å². The lowest BCUT2D eigenvalue weighted by Gasteiger charge is -2.32. The summed E-state index contributed by atoms with van der Waals surface area (Å²) in [4.78, 5) is 26.2. The number of amides is 1. The van der Waals surface area contributed by atoms with Gasteiger partial charge in [0.2, 0.25) is 5.91 Å². The SMILES string of the molecule is CC1=C(N2CCC3(CCNCC3)C2=O)CCC1=O. The van der Waals surface area contributed by atoms with Crippen molar-refractivity contribution in [2.75, 3.05) is 19.6 Å². The van der Waals surface area contributed by atoms with Crippen molar-refractivity contribution >= 4 is 11.7 Å². The van der Waals surface area contributed by atoms with Gasteiger partial charge < -0.3 is 10.2 Å². The number of hydrogen-bond acceptors (Lipinski definition) is 3. The smallest absolute Gasteiger partial charge is 0.233 e. The number of nitrogens with zero attached hydrogens (tertiary/aromatic N) is 1. The van der Waals surface area contributed by atoms with Crippen LogP contribution < -0.4 is 5.32 Å². The molecule has 3 aliphatic rings. The van der Waals surface area contributed by atoms with E-state index in [2.05, 4.69) is 5.32 Å². The Morgan fingerprint density at radius 1 is 1.11 bits per heavy atom. The normalized spacial score (nSPS) is 27.7. The highest BCUT2D eigenvalue weighted by atomic mass is 16.2. The molecule has 1 amide bonds. The molecule has 0 aromatic rings.